The lowest BCUT2D eigenvalue weighted by Crippen LogP contribution is -2.35. The van der Waals surface area contributed by atoms with Crippen molar-refractivity contribution < 1.29 is 18.4 Å². The molecule has 0 radical (unpaired) electrons. The number of aryl methyl sites for hydroxylation is 1. The first-order valence-electron chi connectivity index (χ1n) is 9.32. The zero-order valence-corrected chi connectivity index (χ0v) is 17.8. The summed E-state index contributed by atoms with van der Waals surface area (Å²) in [5.41, 5.74) is 1.79. The molecular formula is C21H23FN4O3S. The van der Waals surface area contributed by atoms with Crippen LogP contribution in [-0.4, -0.2) is 42.3 Å². The maximum Gasteiger partial charge on any atom is 0.260 e. The second-order valence-electron chi connectivity index (χ2n) is 7.00. The molecule has 0 aliphatic heterocycles. The summed E-state index contributed by atoms with van der Waals surface area (Å²) in [6.45, 7) is 2.04. The number of carbonyl (C=O) groups is 2. The number of carbonyl (C=O) groups excluding carboxylic acids is 2. The molecule has 0 spiro atoms. The number of benzene rings is 1. The smallest absolute Gasteiger partial charge is 0.260 e. The first-order valence-corrected chi connectivity index (χ1v) is 10.2. The maximum absolute atomic E-state index is 13.5. The average Bonchev–Trinajstić information content (AvgIpc) is 3.30. The Morgan fingerprint density at radius 2 is 2.10 bits per heavy atom. The van der Waals surface area contributed by atoms with Crippen LogP contribution in [0.4, 0.5) is 9.52 Å². The zero-order chi connectivity index (χ0) is 21.7. The molecule has 30 heavy (non-hydrogen) atoms. The molecule has 0 aliphatic rings. The molecule has 9 heteroatoms. The van der Waals surface area contributed by atoms with Gasteiger partial charge in [-0.3, -0.25) is 14.9 Å². The van der Waals surface area contributed by atoms with E-state index in [1.165, 1.54) is 29.7 Å². The van der Waals surface area contributed by atoms with Crippen LogP contribution in [0.2, 0.25) is 0 Å². The van der Waals surface area contributed by atoms with Crippen molar-refractivity contribution in [2.24, 2.45) is 0 Å². The average molecular weight is 431 g/mol. The monoisotopic (exact) mass is 430 g/mol. The molecule has 0 saturated heterocycles. The highest BCUT2D eigenvalue weighted by Gasteiger charge is 2.17. The minimum absolute atomic E-state index is 0.0837. The van der Waals surface area contributed by atoms with E-state index in [-0.39, 0.29) is 30.1 Å². The standard InChI is InChI=1S/C21H23FN4O3S/c1-13-17(7-8-29-13)20(28)25-21-24-16(12-30-21)10-19(27)23-11-18(26(2)3)14-5-4-6-15(22)9-14/h4-9,12,18H,10-11H2,1-3H3,(H,23,27)(H,24,25,28). The van der Waals surface area contributed by atoms with Gasteiger partial charge in [-0.25, -0.2) is 9.37 Å². The Labute approximate surface area is 177 Å². The fraction of sp³-hybridized carbons (Fsp3) is 0.286. The Morgan fingerprint density at radius 3 is 2.77 bits per heavy atom. The second kappa shape index (κ2) is 9.64. The number of hydrogen-bond acceptors (Lipinski definition) is 6. The number of rotatable bonds is 8. The number of hydrogen-bond donors (Lipinski definition) is 2. The van der Waals surface area contributed by atoms with E-state index in [0.717, 1.165) is 5.56 Å². The largest absolute Gasteiger partial charge is 0.469 e. The van der Waals surface area contributed by atoms with E-state index >= 15 is 0 Å². The number of aromatic nitrogens is 1. The first kappa shape index (κ1) is 21.7. The van der Waals surface area contributed by atoms with E-state index < -0.39 is 0 Å². The summed E-state index contributed by atoms with van der Waals surface area (Å²) in [6.07, 6.45) is 1.53. The molecule has 0 saturated carbocycles. The maximum atomic E-state index is 13.5. The van der Waals surface area contributed by atoms with Gasteiger partial charge in [-0.2, -0.15) is 0 Å². The van der Waals surface area contributed by atoms with E-state index in [1.54, 1.807) is 24.4 Å². The van der Waals surface area contributed by atoms with Gasteiger partial charge in [0.15, 0.2) is 5.13 Å². The number of thiazole rings is 1. The molecule has 1 unspecified atom stereocenters. The molecular weight excluding hydrogens is 407 g/mol. The fourth-order valence-corrected chi connectivity index (χ4v) is 3.69. The van der Waals surface area contributed by atoms with Crippen LogP contribution in [0.25, 0.3) is 0 Å². The van der Waals surface area contributed by atoms with Gasteiger partial charge in [0.2, 0.25) is 5.91 Å². The third-order valence-corrected chi connectivity index (χ3v) is 5.37. The fourth-order valence-electron chi connectivity index (χ4n) is 2.98. The molecule has 158 valence electrons. The molecule has 0 bridgehead atoms. The number of furan rings is 1. The molecule has 7 nitrogen and oxygen atoms in total. The van der Waals surface area contributed by atoms with Crippen molar-refractivity contribution >= 4 is 28.3 Å². The van der Waals surface area contributed by atoms with Gasteiger partial charge in [0.05, 0.1) is 30.0 Å². The summed E-state index contributed by atoms with van der Waals surface area (Å²) in [5.74, 6) is -0.298. The van der Waals surface area contributed by atoms with E-state index in [4.69, 9.17) is 4.42 Å². The van der Waals surface area contributed by atoms with Gasteiger partial charge < -0.3 is 14.6 Å². The molecule has 3 aromatic rings. The molecule has 2 heterocycles. The van der Waals surface area contributed by atoms with Crippen molar-refractivity contribution in [2.45, 2.75) is 19.4 Å². The Bertz CT molecular complexity index is 1030. The van der Waals surface area contributed by atoms with Crippen LogP contribution in [0, 0.1) is 12.7 Å². The summed E-state index contributed by atoms with van der Waals surface area (Å²) >= 11 is 1.25. The van der Waals surface area contributed by atoms with Crippen molar-refractivity contribution in [3.8, 4) is 0 Å². The number of nitrogens with one attached hydrogen (secondary N) is 2. The normalized spacial score (nSPS) is 12.0. The van der Waals surface area contributed by atoms with Crippen LogP contribution in [-0.2, 0) is 11.2 Å². The van der Waals surface area contributed by atoms with E-state index in [9.17, 15) is 14.0 Å². The SMILES string of the molecule is Cc1occc1C(=O)Nc1nc(CC(=O)NCC(c2cccc(F)c2)N(C)C)cs1. The van der Waals surface area contributed by atoms with Crippen molar-refractivity contribution in [3.63, 3.8) is 0 Å². The first-order chi connectivity index (χ1) is 14.3. The number of likely N-dealkylation sites (N-methyl/N-ethyl adjacent to an activating group) is 1. The lowest BCUT2D eigenvalue weighted by Gasteiger charge is -2.25. The van der Waals surface area contributed by atoms with E-state index in [1.807, 2.05) is 25.1 Å². The molecule has 2 amide bonds. The van der Waals surface area contributed by atoms with Gasteiger partial charge >= 0.3 is 0 Å². The van der Waals surface area contributed by atoms with Crippen LogP contribution in [0.3, 0.4) is 0 Å². The minimum atomic E-state index is -0.312. The highest BCUT2D eigenvalue weighted by atomic mass is 32.1. The van der Waals surface area contributed by atoms with Crippen LogP contribution in [0.5, 0.6) is 0 Å². The summed E-state index contributed by atoms with van der Waals surface area (Å²) in [4.78, 5) is 30.8. The topological polar surface area (TPSA) is 87.5 Å². The quantitative estimate of drug-likeness (QED) is 0.572. The molecule has 2 aromatic heterocycles. The van der Waals surface area contributed by atoms with Crippen LogP contribution < -0.4 is 10.6 Å². The summed E-state index contributed by atoms with van der Waals surface area (Å²) in [5, 5.41) is 7.72. The van der Waals surface area contributed by atoms with Crippen molar-refractivity contribution in [1.82, 2.24) is 15.2 Å². The van der Waals surface area contributed by atoms with Crippen molar-refractivity contribution in [3.05, 3.63) is 70.4 Å². The third kappa shape index (κ3) is 5.52. The molecule has 3 rings (SSSR count). The Balaban J connectivity index is 1.55. The number of halogens is 1. The van der Waals surface area contributed by atoms with Crippen LogP contribution in [0.1, 0.15) is 33.4 Å². The molecule has 0 aliphatic carbocycles. The third-order valence-electron chi connectivity index (χ3n) is 4.57. The van der Waals surface area contributed by atoms with Gasteiger partial charge in [0.25, 0.3) is 5.91 Å². The Kier molecular flexibility index (Phi) is 6.96. The van der Waals surface area contributed by atoms with E-state index in [2.05, 4.69) is 15.6 Å². The zero-order valence-electron chi connectivity index (χ0n) is 16.9. The summed E-state index contributed by atoms with van der Waals surface area (Å²) in [6, 6.07) is 7.77. The second-order valence-corrected chi connectivity index (χ2v) is 7.86. The van der Waals surface area contributed by atoms with Gasteiger partial charge in [0.1, 0.15) is 11.6 Å². The van der Waals surface area contributed by atoms with Crippen molar-refractivity contribution in [1.29, 1.82) is 0 Å². The number of anilines is 1. The molecule has 1 aromatic carbocycles. The van der Waals surface area contributed by atoms with Crippen LogP contribution >= 0.6 is 11.3 Å². The van der Waals surface area contributed by atoms with Gasteiger partial charge in [-0.1, -0.05) is 12.1 Å². The number of amides is 2. The van der Waals surface area contributed by atoms with Gasteiger partial charge in [0, 0.05) is 11.9 Å². The van der Waals surface area contributed by atoms with Crippen molar-refractivity contribution in [2.75, 3.05) is 26.0 Å². The van der Waals surface area contributed by atoms with Gasteiger partial charge in [-0.05, 0) is 44.8 Å². The predicted molar refractivity (Wildman–Crippen MR) is 113 cm³/mol. The molecule has 0 fully saturated rings. The molecule has 1 atom stereocenters. The minimum Gasteiger partial charge on any atom is -0.469 e. The highest BCUT2D eigenvalue weighted by Crippen LogP contribution is 2.20. The lowest BCUT2D eigenvalue weighted by molar-refractivity contribution is -0.120. The summed E-state index contributed by atoms with van der Waals surface area (Å²) in [7, 11) is 3.75. The van der Waals surface area contributed by atoms with Gasteiger partial charge in [-0.15, -0.1) is 11.3 Å². The predicted octanol–water partition coefficient (Wildman–Crippen LogP) is 3.40. The Morgan fingerprint density at radius 1 is 1.30 bits per heavy atom. The summed E-state index contributed by atoms with van der Waals surface area (Å²) < 4.78 is 18.7. The van der Waals surface area contributed by atoms with E-state index in [0.29, 0.717) is 28.7 Å². The lowest BCUT2D eigenvalue weighted by atomic mass is 10.1. The number of nitrogens with zero attached hydrogens (tertiary/aromatic N) is 2. The Hall–Kier alpha value is -3.04. The molecule has 2 N–H and O–H groups in total. The highest BCUT2D eigenvalue weighted by molar-refractivity contribution is 7.14. The van der Waals surface area contributed by atoms with Crippen LogP contribution in [0.15, 0.2) is 46.4 Å².